The van der Waals surface area contributed by atoms with Crippen molar-refractivity contribution >= 4 is 16.9 Å². The molecular formula is C22H23FN6O. The summed E-state index contributed by atoms with van der Waals surface area (Å²) in [6, 6.07) is 10.0. The summed E-state index contributed by atoms with van der Waals surface area (Å²) >= 11 is 0. The Morgan fingerprint density at radius 3 is 2.60 bits per heavy atom. The summed E-state index contributed by atoms with van der Waals surface area (Å²) < 4.78 is 16.7. The predicted molar refractivity (Wildman–Crippen MR) is 112 cm³/mol. The van der Waals surface area contributed by atoms with Crippen molar-refractivity contribution in [3.05, 3.63) is 66.0 Å². The molecule has 4 aromatic rings. The molecule has 3 heterocycles. The third-order valence-corrected chi connectivity index (χ3v) is 4.90. The van der Waals surface area contributed by atoms with Gasteiger partial charge in [0, 0.05) is 23.8 Å². The molecule has 3 aromatic heterocycles. The van der Waals surface area contributed by atoms with E-state index in [4.69, 9.17) is 0 Å². The van der Waals surface area contributed by atoms with Gasteiger partial charge in [-0.2, -0.15) is 10.2 Å². The fourth-order valence-electron chi connectivity index (χ4n) is 3.61. The number of pyridine rings is 1. The smallest absolute Gasteiger partial charge is 0.242 e. The van der Waals surface area contributed by atoms with Gasteiger partial charge in [0.25, 0.3) is 0 Å². The van der Waals surface area contributed by atoms with Gasteiger partial charge in [0.1, 0.15) is 12.4 Å². The first-order valence-electron chi connectivity index (χ1n) is 9.78. The minimum atomic E-state index is -0.285. The summed E-state index contributed by atoms with van der Waals surface area (Å²) in [6.45, 7) is 6.40. The molecule has 0 radical (unpaired) electrons. The van der Waals surface area contributed by atoms with Crippen LogP contribution in [0, 0.1) is 19.7 Å². The van der Waals surface area contributed by atoms with E-state index in [1.54, 1.807) is 23.0 Å². The molecular weight excluding hydrogens is 383 g/mol. The largest absolute Gasteiger partial charge is 0.350 e. The number of carbonyl (C=O) groups excluding carboxylic acids is 1. The number of carbonyl (C=O) groups is 1. The van der Waals surface area contributed by atoms with E-state index in [0.29, 0.717) is 12.2 Å². The molecule has 0 saturated carbocycles. The Hall–Kier alpha value is -3.55. The number of benzene rings is 1. The molecule has 7 nitrogen and oxygen atoms in total. The number of nitrogens with one attached hydrogen (secondary N) is 1. The summed E-state index contributed by atoms with van der Waals surface area (Å²) in [5, 5.41) is 12.7. The molecule has 0 fully saturated rings. The Kier molecular flexibility index (Phi) is 5.31. The van der Waals surface area contributed by atoms with Crippen molar-refractivity contribution in [2.75, 3.05) is 0 Å². The zero-order valence-electron chi connectivity index (χ0n) is 17.1. The first-order chi connectivity index (χ1) is 14.4. The standard InChI is InChI=1S/C22H23FN6O/c1-14-9-11-28(26-14)12-15(2)25-20(30)13-29-22-21(16(3)27-29)19(8-10-24-22)17-4-6-18(23)7-5-17/h4-11,15H,12-13H2,1-3H3,(H,25,30). The highest BCUT2D eigenvalue weighted by Gasteiger charge is 2.17. The van der Waals surface area contributed by atoms with Crippen molar-refractivity contribution in [2.24, 2.45) is 0 Å². The van der Waals surface area contributed by atoms with E-state index < -0.39 is 0 Å². The molecule has 0 aliphatic carbocycles. The van der Waals surface area contributed by atoms with Gasteiger partial charge in [-0.05, 0) is 56.2 Å². The fourth-order valence-corrected chi connectivity index (χ4v) is 3.61. The minimum Gasteiger partial charge on any atom is -0.350 e. The SMILES string of the molecule is Cc1ccn(CC(C)NC(=O)Cn2nc(C)c3c(-c4ccc(F)cc4)ccnc32)n1. The highest BCUT2D eigenvalue weighted by atomic mass is 19.1. The van der Waals surface area contributed by atoms with Crippen LogP contribution >= 0.6 is 0 Å². The van der Waals surface area contributed by atoms with Gasteiger partial charge >= 0.3 is 0 Å². The third-order valence-electron chi connectivity index (χ3n) is 4.90. The van der Waals surface area contributed by atoms with Crippen LogP contribution in [-0.4, -0.2) is 36.5 Å². The predicted octanol–water partition coefficient (Wildman–Crippen LogP) is 3.26. The maximum atomic E-state index is 13.3. The molecule has 1 amide bonds. The van der Waals surface area contributed by atoms with E-state index in [-0.39, 0.29) is 24.3 Å². The van der Waals surface area contributed by atoms with Crippen molar-refractivity contribution in [2.45, 2.75) is 39.9 Å². The molecule has 1 atom stereocenters. The summed E-state index contributed by atoms with van der Waals surface area (Å²) in [7, 11) is 0. The number of rotatable bonds is 6. The fraction of sp³-hybridized carbons (Fsp3) is 0.273. The number of halogens is 1. The van der Waals surface area contributed by atoms with Crippen molar-refractivity contribution in [1.82, 2.24) is 29.9 Å². The molecule has 4 rings (SSSR count). The molecule has 0 bridgehead atoms. The highest BCUT2D eigenvalue weighted by Crippen LogP contribution is 2.29. The number of hydrogen-bond acceptors (Lipinski definition) is 4. The molecule has 8 heteroatoms. The highest BCUT2D eigenvalue weighted by molar-refractivity contribution is 5.95. The van der Waals surface area contributed by atoms with Gasteiger partial charge in [0.05, 0.1) is 17.9 Å². The Labute approximate surface area is 173 Å². The molecule has 30 heavy (non-hydrogen) atoms. The van der Waals surface area contributed by atoms with E-state index in [9.17, 15) is 9.18 Å². The average Bonchev–Trinajstić information content (AvgIpc) is 3.25. The lowest BCUT2D eigenvalue weighted by atomic mass is 10.0. The molecule has 0 aliphatic heterocycles. The summed E-state index contributed by atoms with van der Waals surface area (Å²) in [5.41, 5.74) is 4.12. The van der Waals surface area contributed by atoms with Crippen LogP contribution in [0.2, 0.25) is 0 Å². The van der Waals surface area contributed by atoms with Gasteiger partial charge in [-0.25, -0.2) is 14.1 Å². The van der Waals surface area contributed by atoms with Gasteiger partial charge in [-0.3, -0.25) is 9.48 Å². The normalized spacial score (nSPS) is 12.3. The van der Waals surface area contributed by atoms with E-state index in [1.165, 1.54) is 12.1 Å². The molecule has 0 spiro atoms. The van der Waals surface area contributed by atoms with Crippen LogP contribution in [0.15, 0.2) is 48.8 Å². The van der Waals surface area contributed by atoms with Crippen LogP contribution in [0.1, 0.15) is 18.3 Å². The van der Waals surface area contributed by atoms with E-state index in [0.717, 1.165) is 27.9 Å². The van der Waals surface area contributed by atoms with Crippen molar-refractivity contribution in [1.29, 1.82) is 0 Å². The lowest BCUT2D eigenvalue weighted by Gasteiger charge is -2.14. The number of aromatic nitrogens is 5. The van der Waals surface area contributed by atoms with E-state index in [1.807, 2.05) is 43.8 Å². The Morgan fingerprint density at radius 1 is 1.13 bits per heavy atom. The minimum absolute atomic E-state index is 0.0622. The Morgan fingerprint density at radius 2 is 1.90 bits per heavy atom. The van der Waals surface area contributed by atoms with Crippen molar-refractivity contribution in [3.63, 3.8) is 0 Å². The first-order valence-corrected chi connectivity index (χ1v) is 9.78. The number of hydrogen-bond donors (Lipinski definition) is 1. The Balaban J connectivity index is 1.54. The van der Waals surface area contributed by atoms with Crippen LogP contribution in [-0.2, 0) is 17.9 Å². The van der Waals surface area contributed by atoms with Crippen LogP contribution in [0.5, 0.6) is 0 Å². The maximum Gasteiger partial charge on any atom is 0.242 e. The van der Waals surface area contributed by atoms with Gasteiger partial charge in [-0.15, -0.1) is 0 Å². The summed E-state index contributed by atoms with van der Waals surface area (Å²) in [6.07, 6.45) is 3.57. The molecule has 154 valence electrons. The van der Waals surface area contributed by atoms with Crippen molar-refractivity contribution in [3.8, 4) is 11.1 Å². The second-order valence-electron chi connectivity index (χ2n) is 7.45. The van der Waals surface area contributed by atoms with Crippen LogP contribution in [0.3, 0.4) is 0 Å². The van der Waals surface area contributed by atoms with E-state index >= 15 is 0 Å². The number of fused-ring (bicyclic) bond motifs is 1. The second-order valence-corrected chi connectivity index (χ2v) is 7.45. The van der Waals surface area contributed by atoms with Gasteiger partial charge in [0.15, 0.2) is 5.65 Å². The Bertz CT molecular complexity index is 1190. The number of amides is 1. The van der Waals surface area contributed by atoms with E-state index in [2.05, 4.69) is 20.5 Å². The van der Waals surface area contributed by atoms with Gasteiger partial charge in [0.2, 0.25) is 5.91 Å². The monoisotopic (exact) mass is 406 g/mol. The topological polar surface area (TPSA) is 77.6 Å². The molecule has 1 unspecified atom stereocenters. The van der Waals surface area contributed by atoms with Gasteiger partial charge < -0.3 is 5.32 Å². The summed E-state index contributed by atoms with van der Waals surface area (Å²) in [5.74, 6) is -0.433. The van der Waals surface area contributed by atoms with Crippen LogP contribution in [0.25, 0.3) is 22.2 Å². The number of nitrogens with zero attached hydrogens (tertiary/aromatic N) is 5. The molecule has 0 saturated heterocycles. The van der Waals surface area contributed by atoms with Crippen molar-refractivity contribution < 1.29 is 9.18 Å². The summed E-state index contributed by atoms with van der Waals surface area (Å²) in [4.78, 5) is 17.0. The molecule has 0 aliphatic rings. The zero-order chi connectivity index (χ0) is 21.3. The van der Waals surface area contributed by atoms with Crippen LogP contribution in [0.4, 0.5) is 4.39 Å². The molecule has 1 aromatic carbocycles. The first kappa shape index (κ1) is 19.8. The lowest BCUT2D eigenvalue weighted by molar-refractivity contribution is -0.122. The van der Waals surface area contributed by atoms with Crippen LogP contribution < -0.4 is 5.32 Å². The lowest BCUT2D eigenvalue weighted by Crippen LogP contribution is -2.38. The zero-order valence-corrected chi connectivity index (χ0v) is 17.1. The average molecular weight is 406 g/mol. The maximum absolute atomic E-state index is 13.3. The third kappa shape index (κ3) is 4.07. The number of aryl methyl sites for hydroxylation is 2. The quantitative estimate of drug-likeness (QED) is 0.533. The van der Waals surface area contributed by atoms with Gasteiger partial charge in [-0.1, -0.05) is 12.1 Å². The molecule has 1 N–H and O–H groups in total. The second kappa shape index (κ2) is 8.06.